The van der Waals surface area contributed by atoms with Crippen molar-refractivity contribution in [3.05, 3.63) is 11.1 Å². The number of hydrogen-bond donors (Lipinski definition) is 1. The molecule has 1 aliphatic heterocycles. The van der Waals surface area contributed by atoms with Crippen LogP contribution in [-0.4, -0.2) is 31.8 Å². The SMILES string of the molecule is CC(N)c1cnc(N(C)CC2CCCOC2)s1. The molecule has 0 saturated carbocycles. The number of nitrogens with zero attached hydrogens (tertiary/aromatic N) is 2. The van der Waals surface area contributed by atoms with E-state index in [1.807, 2.05) is 13.1 Å². The first kappa shape index (κ1) is 12.8. The van der Waals surface area contributed by atoms with Crippen LogP contribution in [0, 0.1) is 5.92 Å². The van der Waals surface area contributed by atoms with E-state index in [1.54, 1.807) is 11.3 Å². The van der Waals surface area contributed by atoms with E-state index in [1.165, 1.54) is 12.8 Å². The van der Waals surface area contributed by atoms with Gasteiger partial charge in [-0.15, -0.1) is 11.3 Å². The highest BCUT2D eigenvalue weighted by molar-refractivity contribution is 7.15. The number of thiazole rings is 1. The van der Waals surface area contributed by atoms with Gasteiger partial charge in [-0.2, -0.15) is 0 Å². The highest BCUT2D eigenvalue weighted by atomic mass is 32.1. The molecular formula is C12H21N3OS. The Labute approximate surface area is 107 Å². The zero-order valence-electron chi connectivity index (χ0n) is 10.6. The van der Waals surface area contributed by atoms with Crippen LogP contribution in [0.1, 0.15) is 30.7 Å². The van der Waals surface area contributed by atoms with Crippen molar-refractivity contribution in [2.45, 2.75) is 25.8 Å². The van der Waals surface area contributed by atoms with Crippen LogP contribution in [0.3, 0.4) is 0 Å². The van der Waals surface area contributed by atoms with Gasteiger partial charge < -0.3 is 15.4 Å². The Morgan fingerprint density at radius 3 is 3.12 bits per heavy atom. The Morgan fingerprint density at radius 1 is 1.71 bits per heavy atom. The lowest BCUT2D eigenvalue weighted by atomic mass is 10.0. The predicted molar refractivity (Wildman–Crippen MR) is 71.5 cm³/mol. The molecule has 0 radical (unpaired) electrons. The molecule has 0 bridgehead atoms. The molecule has 0 amide bonds. The van der Waals surface area contributed by atoms with E-state index in [2.05, 4.69) is 16.9 Å². The van der Waals surface area contributed by atoms with Crippen molar-refractivity contribution < 1.29 is 4.74 Å². The summed E-state index contributed by atoms with van der Waals surface area (Å²) in [5, 5.41) is 1.06. The predicted octanol–water partition coefficient (Wildman–Crippen LogP) is 2.03. The van der Waals surface area contributed by atoms with Crippen molar-refractivity contribution in [3.8, 4) is 0 Å². The molecule has 1 aliphatic rings. The Morgan fingerprint density at radius 2 is 2.53 bits per heavy atom. The molecule has 0 spiro atoms. The smallest absolute Gasteiger partial charge is 0.185 e. The van der Waals surface area contributed by atoms with Gasteiger partial charge >= 0.3 is 0 Å². The van der Waals surface area contributed by atoms with E-state index in [0.717, 1.165) is 29.8 Å². The minimum Gasteiger partial charge on any atom is -0.381 e. The molecule has 0 aliphatic carbocycles. The molecule has 0 aromatic carbocycles. The second-order valence-corrected chi connectivity index (χ2v) is 5.84. The topological polar surface area (TPSA) is 51.4 Å². The Kier molecular flexibility index (Phi) is 4.36. The van der Waals surface area contributed by atoms with Crippen molar-refractivity contribution >= 4 is 16.5 Å². The first-order valence-electron chi connectivity index (χ1n) is 6.17. The molecule has 17 heavy (non-hydrogen) atoms. The van der Waals surface area contributed by atoms with Crippen LogP contribution in [-0.2, 0) is 4.74 Å². The summed E-state index contributed by atoms with van der Waals surface area (Å²) in [6.45, 7) is 4.82. The molecule has 2 unspecified atom stereocenters. The number of ether oxygens (including phenoxy) is 1. The standard InChI is InChI=1S/C12H21N3OS/c1-9(13)11-6-14-12(17-11)15(2)7-10-4-3-5-16-8-10/h6,9-10H,3-5,7-8,13H2,1-2H3. The monoisotopic (exact) mass is 255 g/mol. The second-order valence-electron chi connectivity index (χ2n) is 4.80. The van der Waals surface area contributed by atoms with Gasteiger partial charge in [0.1, 0.15) is 0 Å². The molecule has 2 heterocycles. The third-order valence-corrected chi connectivity index (χ3v) is 4.39. The third kappa shape index (κ3) is 3.40. The summed E-state index contributed by atoms with van der Waals surface area (Å²) < 4.78 is 5.50. The van der Waals surface area contributed by atoms with Crippen molar-refractivity contribution in [2.75, 3.05) is 31.7 Å². The van der Waals surface area contributed by atoms with Crippen molar-refractivity contribution in [2.24, 2.45) is 11.7 Å². The summed E-state index contributed by atoms with van der Waals surface area (Å²) >= 11 is 1.69. The number of hydrogen-bond acceptors (Lipinski definition) is 5. The van der Waals surface area contributed by atoms with Gasteiger partial charge in [0, 0.05) is 37.3 Å². The molecule has 4 nitrogen and oxygen atoms in total. The normalized spacial score (nSPS) is 22.4. The van der Waals surface area contributed by atoms with Gasteiger partial charge in [-0.25, -0.2) is 4.98 Å². The van der Waals surface area contributed by atoms with Crippen LogP contribution < -0.4 is 10.6 Å². The van der Waals surface area contributed by atoms with Gasteiger partial charge in [-0.3, -0.25) is 0 Å². The van der Waals surface area contributed by atoms with Gasteiger partial charge in [-0.05, 0) is 25.7 Å². The maximum Gasteiger partial charge on any atom is 0.185 e. The summed E-state index contributed by atoms with van der Waals surface area (Å²) in [5.74, 6) is 0.636. The van der Waals surface area contributed by atoms with E-state index >= 15 is 0 Å². The average Bonchev–Trinajstić information content (AvgIpc) is 2.79. The zero-order valence-corrected chi connectivity index (χ0v) is 11.4. The van der Waals surface area contributed by atoms with Crippen LogP contribution in [0.5, 0.6) is 0 Å². The molecule has 1 saturated heterocycles. The lowest BCUT2D eigenvalue weighted by molar-refractivity contribution is 0.0576. The van der Waals surface area contributed by atoms with E-state index in [0.29, 0.717) is 5.92 Å². The fourth-order valence-electron chi connectivity index (χ4n) is 2.08. The molecule has 5 heteroatoms. The largest absolute Gasteiger partial charge is 0.381 e. The molecular weight excluding hydrogens is 234 g/mol. The Balaban J connectivity index is 1.91. The van der Waals surface area contributed by atoms with Crippen LogP contribution in [0.4, 0.5) is 5.13 Å². The van der Waals surface area contributed by atoms with Crippen LogP contribution in [0.15, 0.2) is 6.20 Å². The van der Waals surface area contributed by atoms with Crippen LogP contribution in [0.25, 0.3) is 0 Å². The fourth-order valence-corrected chi connectivity index (χ4v) is 2.92. The zero-order chi connectivity index (χ0) is 12.3. The summed E-state index contributed by atoms with van der Waals surface area (Å²) in [4.78, 5) is 7.79. The maximum absolute atomic E-state index is 5.84. The van der Waals surface area contributed by atoms with Gasteiger partial charge in [0.15, 0.2) is 5.13 Å². The van der Waals surface area contributed by atoms with Gasteiger partial charge in [-0.1, -0.05) is 0 Å². The van der Waals surface area contributed by atoms with Crippen molar-refractivity contribution in [3.63, 3.8) is 0 Å². The second kappa shape index (κ2) is 5.80. The Bertz CT molecular complexity index is 347. The van der Waals surface area contributed by atoms with Gasteiger partial charge in [0.05, 0.1) is 6.61 Å². The molecule has 2 N–H and O–H groups in total. The first-order chi connectivity index (χ1) is 8.16. The van der Waals surface area contributed by atoms with E-state index in [-0.39, 0.29) is 6.04 Å². The molecule has 1 aromatic rings. The van der Waals surface area contributed by atoms with Crippen LogP contribution >= 0.6 is 11.3 Å². The quantitative estimate of drug-likeness (QED) is 0.894. The summed E-state index contributed by atoms with van der Waals surface area (Å²) in [5.41, 5.74) is 5.84. The minimum absolute atomic E-state index is 0.0765. The van der Waals surface area contributed by atoms with Crippen molar-refractivity contribution in [1.82, 2.24) is 4.98 Å². The summed E-state index contributed by atoms with van der Waals surface area (Å²) in [6.07, 6.45) is 4.33. The lowest BCUT2D eigenvalue weighted by Gasteiger charge is -2.26. The number of nitrogens with two attached hydrogens (primary N) is 1. The van der Waals surface area contributed by atoms with Crippen molar-refractivity contribution in [1.29, 1.82) is 0 Å². The highest BCUT2D eigenvalue weighted by Gasteiger charge is 2.18. The minimum atomic E-state index is 0.0765. The summed E-state index contributed by atoms with van der Waals surface area (Å²) in [7, 11) is 2.10. The molecule has 96 valence electrons. The van der Waals surface area contributed by atoms with E-state index < -0.39 is 0 Å². The molecule has 1 fully saturated rings. The molecule has 2 atom stereocenters. The molecule has 1 aromatic heterocycles. The Hall–Kier alpha value is -0.650. The van der Waals surface area contributed by atoms with E-state index in [9.17, 15) is 0 Å². The highest BCUT2D eigenvalue weighted by Crippen LogP contribution is 2.26. The number of rotatable bonds is 4. The third-order valence-electron chi connectivity index (χ3n) is 3.07. The maximum atomic E-state index is 5.84. The van der Waals surface area contributed by atoms with Crippen LogP contribution in [0.2, 0.25) is 0 Å². The first-order valence-corrected chi connectivity index (χ1v) is 6.98. The summed E-state index contributed by atoms with van der Waals surface area (Å²) in [6, 6.07) is 0.0765. The fraction of sp³-hybridized carbons (Fsp3) is 0.750. The number of aromatic nitrogens is 1. The average molecular weight is 255 g/mol. The lowest BCUT2D eigenvalue weighted by Crippen LogP contribution is -2.30. The van der Waals surface area contributed by atoms with Gasteiger partial charge in [0.25, 0.3) is 0 Å². The molecule has 2 rings (SSSR count). The number of anilines is 1. The van der Waals surface area contributed by atoms with Gasteiger partial charge in [0.2, 0.25) is 0 Å². The van der Waals surface area contributed by atoms with E-state index in [4.69, 9.17) is 10.5 Å².